The zero-order valence-electron chi connectivity index (χ0n) is 17.0. The van der Waals surface area contributed by atoms with Crippen molar-refractivity contribution < 1.29 is 29.0 Å². The summed E-state index contributed by atoms with van der Waals surface area (Å²) in [5.74, 6) is -2.36. The van der Waals surface area contributed by atoms with E-state index in [-0.39, 0.29) is 37.9 Å². The summed E-state index contributed by atoms with van der Waals surface area (Å²) >= 11 is 9.61. The summed E-state index contributed by atoms with van der Waals surface area (Å²) in [5.41, 5.74) is 0.811. The second-order valence-corrected chi connectivity index (χ2v) is 7.92. The fraction of sp³-hybridized carbons (Fsp3) is 0.190. The SMILES string of the molecule is C=C1NC(=O)N[C@H](c2cc(OC)c(O)c(Br)c2Cl)[C@H]1C(=O)Nc1ccccc1C(=O)OC. The molecule has 11 heteroatoms. The number of methoxy groups -OCH3 is 2. The molecule has 0 bridgehead atoms. The van der Waals surface area contributed by atoms with E-state index in [9.17, 15) is 19.5 Å². The summed E-state index contributed by atoms with van der Waals surface area (Å²) in [7, 11) is 2.59. The molecule has 2 aromatic rings. The first-order valence-electron chi connectivity index (χ1n) is 9.18. The molecule has 3 rings (SSSR count). The van der Waals surface area contributed by atoms with Gasteiger partial charge in [0.05, 0.1) is 41.0 Å². The van der Waals surface area contributed by atoms with Gasteiger partial charge in [0.15, 0.2) is 11.5 Å². The van der Waals surface area contributed by atoms with Crippen molar-refractivity contribution in [2.24, 2.45) is 5.92 Å². The number of nitrogens with one attached hydrogen (secondary N) is 3. The standard InChI is InChI=1S/C21H19BrClN3O6/c1-9-14(19(28)25-12-7-5-4-6-10(12)20(29)32-3)17(26-21(30)24-9)11-8-13(31-2)18(27)15(22)16(11)23/h4-8,14,17,27H,1H2,2-3H3,(H,25,28)(H2,24,26,30)/t14-,17+/m0/s1. The Bertz CT molecular complexity index is 1120. The molecule has 2 aromatic carbocycles. The number of hydrogen-bond acceptors (Lipinski definition) is 6. The average Bonchev–Trinajstić information content (AvgIpc) is 2.77. The van der Waals surface area contributed by atoms with Gasteiger partial charge in [-0.2, -0.15) is 0 Å². The molecule has 1 aliphatic heterocycles. The lowest BCUT2D eigenvalue weighted by atomic mass is 9.87. The maximum Gasteiger partial charge on any atom is 0.339 e. The van der Waals surface area contributed by atoms with Crippen molar-refractivity contribution >= 4 is 51.1 Å². The van der Waals surface area contributed by atoms with Gasteiger partial charge < -0.3 is 30.5 Å². The molecule has 168 valence electrons. The van der Waals surface area contributed by atoms with Crippen molar-refractivity contribution in [2.75, 3.05) is 19.5 Å². The number of urea groups is 1. The zero-order chi connectivity index (χ0) is 23.6. The maximum atomic E-state index is 13.3. The van der Waals surface area contributed by atoms with E-state index in [1.165, 1.54) is 26.4 Å². The number of hydrogen-bond donors (Lipinski definition) is 4. The normalized spacial score (nSPS) is 17.8. The van der Waals surface area contributed by atoms with E-state index < -0.39 is 29.9 Å². The number of ether oxygens (including phenoxy) is 2. The predicted molar refractivity (Wildman–Crippen MR) is 121 cm³/mol. The smallest absolute Gasteiger partial charge is 0.339 e. The first kappa shape index (κ1) is 23.4. The molecule has 1 fully saturated rings. The van der Waals surface area contributed by atoms with E-state index in [0.717, 1.165) is 0 Å². The summed E-state index contributed by atoms with van der Waals surface area (Å²) in [4.78, 5) is 37.5. The van der Waals surface area contributed by atoms with Crippen LogP contribution in [0.3, 0.4) is 0 Å². The lowest BCUT2D eigenvalue weighted by Crippen LogP contribution is -2.52. The van der Waals surface area contributed by atoms with Crippen LogP contribution >= 0.6 is 27.5 Å². The van der Waals surface area contributed by atoms with Crippen molar-refractivity contribution in [3.8, 4) is 11.5 Å². The number of phenols is 1. The number of benzene rings is 2. The van der Waals surface area contributed by atoms with Gasteiger partial charge in [-0.1, -0.05) is 30.3 Å². The Morgan fingerprint density at radius 2 is 1.97 bits per heavy atom. The second-order valence-electron chi connectivity index (χ2n) is 6.75. The molecule has 0 unspecified atom stereocenters. The number of anilines is 1. The number of esters is 1. The Morgan fingerprint density at radius 1 is 1.28 bits per heavy atom. The first-order valence-corrected chi connectivity index (χ1v) is 10.4. The largest absolute Gasteiger partial charge is 0.503 e. The van der Waals surface area contributed by atoms with Crippen molar-refractivity contribution in [2.45, 2.75) is 6.04 Å². The summed E-state index contributed by atoms with van der Waals surface area (Å²) in [6.45, 7) is 3.81. The summed E-state index contributed by atoms with van der Waals surface area (Å²) < 4.78 is 10.1. The van der Waals surface area contributed by atoms with E-state index >= 15 is 0 Å². The van der Waals surface area contributed by atoms with Gasteiger partial charge in [-0.15, -0.1) is 0 Å². The van der Waals surface area contributed by atoms with Gasteiger partial charge in [-0.05, 0) is 39.7 Å². The fourth-order valence-corrected chi connectivity index (χ4v) is 4.02. The van der Waals surface area contributed by atoms with Gasteiger partial charge in [0.2, 0.25) is 5.91 Å². The number of carbonyl (C=O) groups is 3. The molecule has 1 saturated heterocycles. The van der Waals surface area contributed by atoms with Crippen LogP contribution in [0.1, 0.15) is 22.0 Å². The Morgan fingerprint density at radius 3 is 2.62 bits per heavy atom. The highest BCUT2D eigenvalue weighted by Crippen LogP contribution is 2.45. The molecule has 32 heavy (non-hydrogen) atoms. The van der Waals surface area contributed by atoms with Crippen LogP contribution in [0.5, 0.6) is 11.5 Å². The highest BCUT2D eigenvalue weighted by Gasteiger charge is 2.40. The predicted octanol–water partition coefficient (Wildman–Crippen LogP) is 3.73. The number of para-hydroxylation sites is 1. The van der Waals surface area contributed by atoms with Crippen molar-refractivity contribution in [3.05, 3.63) is 63.2 Å². The molecule has 1 aliphatic rings. The molecular formula is C21H19BrClN3O6. The van der Waals surface area contributed by atoms with Crippen LogP contribution in [0.15, 0.2) is 47.1 Å². The molecule has 4 N–H and O–H groups in total. The lowest BCUT2D eigenvalue weighted by molar-refractivity contribution is -0.119. The van der Waals surface area contributed by atoms with Crippen molar-refractivity contribution in [1.29, 1.82) is 0 Å². The number of phenolic OH excluding ortho intramolecular Hbond substituents is 1. The Balaban J connectivity index is 2.04. The number of aromatic hydroxyl groups is 1. The highest BCUT2D eigenvalue weighted by molar-refractivity contribution is 9.10. The molecular weight excluding hydrogens is 506 g/mol. The number of carbonyl (C=O) groups excluding carboxylic acids is 3. The van der Waals surface area contributed by atoms with Crippen molar-refractivity contribution in [3.63, 3.8) is 0 Å². The highest BCUT2D eigenvalue weighted by atomic mass is 79.9. The van der Waals surface area contributed by atoms with Gasteiger partial charge in [0, 0.05) is 5.70 Å². The Kier molecular flexibility index (Phi) is 6.95. The number of rotatable bonds is 5. The minimum Gasteiger partial charge on any atom is -0.503 e. The molecule has 2 atom stereocenters. The van der Waals surface area contributed by atoms with E-state index in [1.54, 1.807) is 18.2 Å². The minimum atomic E-state index is -1.03. The van der Waals surface area contributed by atoms with E-state index in [4.69, 9.17) is 21.1 Å². The number of halogens is 2. The minimum absolute atomic E-state index is 0.0797. The molecule has 0 saturated carbocycles. The van der Waals surface area contributed by atoms with Crippen LogP contribution in [0.25, 0.3) is 0 Å². The van der Waals surface area contributed by atoms with Crippen LogP contribution in [0, 0.1) is 5.92 Å². The van der Waals surface area contributed by atoms with Crippen LogP contribution in [0.2, 0.25) is 5.02 Å². The van der Waals surface area contributed by atoms with Gasteiger partial charge >= 0.3 is 12.0 Å². The molecule has 3 amide bonds. The maximum absolute atomic E-state index is 13.3. The van der Waals surface area contributed by atoms with Gasteiger partial charge in [0.1, 0.15) is 5.92 Å². The Labute approximate surface area is 196 Å². The summed E-state index contributed by atoms with van der Waals surface area (Å²) in [6.07, 6.45) is 0. The van der Waals surface area contributed by atoms with E-state index in [1.807, 2.05) is 0 Å². The van der Waals surface area contributed by atoms with Crippen LogP contribution in [-0.2, 0) is 9.53 Å². The van der Waals surface area contributed by atoms with Gasteiger partial charge in [0.25, 0.3) is 0 Å². The monoisotopic (exact) mass is 523 g/mol. The van der Waals surface area contributed by atoms with E-state index in [2.05, 4.69) is 38.5 Å². The summed E-state index contributed by atoms with van der Waals surface area (Å²) in [6, 6.07) is 6.21. The third-order valence-corrected chi connectivity index (χ3v) is 6.28. The van der Waals surface area contributed by atoms with Gasteiger partial charge in [-0.25, -0.2) is 9.59 Å². The second kappa shape index (κ2) is 9.49. The molecule has 0 spiro atoms. The van der Waals surface area contributed by atoms with Crippen LogP contribution in [0.4, 0.5) is 10.5 Å². The molecule has 0 radical (unpaired) electrons. The third kappa shape index (κ3) is 4.37. The van der Waals surface area contributed by atoms with Gasteiger partial charge in [-0.3, -0.25) is 4.79 Å². The third-order valence-electron chi connectivity index (χ3n) is 4.87. The molecule has 0 aliphatic carbocycles. The van der Waals surface area contributed by atoms with Crippen LogP contribution in [-0.4, -0.2) is 37.2 Å². The topological polar surface area (TPSA) is 126 Å². The molecule has 0 aromatic heterocycles. The van der Waals surface area contributed by atoms with Crippen molar-refractivity contribution in [1.82, 2.24) is 10.6 Å². The fourth-order valence-electron chi connectivity index (χ4n) is 3.34. The molecule has 1 heterocycles. The quantitative estimate of drug-likeness (QED) is 0.442. The summed E-state index contributed by atoms with van der Waals surface area (Å²) in [5, 5.41) is 18.1. The lowest BCUT2D eigenvalue weighted by Gasteiger charge is -2.34. The van der Waals surface area contributed by atoms with Crippen LogP contribution < -0.4 is 20.7 Å². The average molecular weight is 525 g/mol. The number of amides is 3. The zero-order valence-corrected chi connectivity index (χ0v) is 19.3. The first-order chi connectivity index (χ1) is 15.2. The van der Waals surface area contributed by atoms with E-state index in [0.29, 0.717) is 5.56 Å². The molecule has 9 nitrogen and oxygen atoms in total. The Hall–Kier alpha value is -3.24.